The van der Waals surface area contributed by atoms with Crippen molar-refractivity contribution in [3.63, 3.8) is 0 Å². The molecule has 32 heavy (non-hydrogen) atoms. The summed E-state index contributed by atoms with van der Waals surface area (Å²) in [5.41, 5.74) is 0.285. The quantitative estimate of drug-likeness (QED) is 0.632. The van der Waals surface area contributed by atoms with Crippen LogP contribution >= 0.6 is 0 Å². The van der Waals surface area contributed by atoms with Crippen LogP contribution in [-0.4, -0.2) is 49.3 Å². The lowest BCUT2D eigenvalue weighted by Gasteiger charge is -2.38. The molecule has 1 aliphatic heterocycles. The van der Waals surface area contributed by atoms with Gasteiger partial charge in [-0.1, -0.05) is 18.2 Å². The molecule has 2 aromatic rings. The molecule has 0 aromatic heterocycles. The van der Waals surface area contributed by atoms with Crippen molar-refractivity contribution < 1.29 is 32.2 Å². The number of carbonyl (C=O) groups is 2. The van der Waals surface area contributed by atoms with Crippen LogP contribution in [0.5, 0.6) is 0 Å². The number of methoxy groups -OCH3 is 1. The highest BCUT2D eigenvalue weighted by Gasteiger charge is 2.33. The number of alkyl halides is 3. The van der Waals surface area contributed by atoms with Crippen LogP contribution < -0.4 is 4.90 Å². The number of halogens is 3. The number of morpholine rings is 1. The van der Waals surface area contributed by atoms with Gasteiger partial charge in [-0.05, 0) is 49.7 Å². The summed E-state index contributed by atoms with van der Waals surface area (Å²) in [6.45, 7) is 4.38. The standard InChI is InChI=1S/C23H25F3N2O4/c1-15-12-27(13-16(2)32-15)22(30)28(20-6-4-5-19(11-20)23(24,25)26)14-17-7-9-18(10-8-17)21(29)31-3/h4-11,15-16H,12-14H2,1-3H3. The predicted molar refractivity (Wildman–Crippen MR) is 112 cm³/mol. The topological polar surface area (TPSA) is 59.1 Å². The first-order chi connectivity index (χ1) is 15.1. The molecule has 2 aromatic carbocycles. The third-order valence-electron chi connectivity index (χ3n) is 5.12. The van der Waals surface area contributed by atoms with Crippen LogP contribution in [0.2, 0.25) is 0 Å². The summed E-state index contributed by atoms with van der Waals surface area (Å²) >= 11 is 0. The van der Waals surface area contributed by atoms with Crippen molar-refractivity contribution in [2.75, 3.05) is 25.1 Å². The average molecular weight is 450 g/mol. The van der Waals surface area contributed by atoms with E-state index in [1.807, 2.05) is 13.8 Å². The van der Waals surface area contributed by atoms with E-state index in [4.69, 9.17) is 4.74 Å². The molecule has 0 saturated carbocycles. The van der Waals surface area contributed by atoms with Gasteiger partial charge in [-0.25, -0.2) is 9.59 Å². The second-order valence-electron chi connectivity index (χ2n) is 7.77. The molecule has 0 bridgehead atoms. The van der Waals surface area contributed by atoms with Crippen molar-refractivity contribution in [2.24, 2.45) is 0 Å². The molecule has 0 radical (unpaired) electrons. The second-order valence-corrected chi connectivity index (χ2v) is 7.77. The Morgan fingerprint density at radius 3 is 2.28 bits per heavy atom. The Kier molecular flexibility index (Phi) is 7.08. The van der Waals surface area contributed by atoms with Gasteiger partial charge in [0.25, 0.3) is 0 Å². The number of hydrogen-bond acceptors (Lipinski definition) is 4. The lowest BCUT2D eigenvalue weighted by molar-refractivity contribution is -0.137. The molecule has 2 atom stereocenters. The zero-order valence-corrected chi connectivity index (χ0v) is 18.1. The maximum Gasteiger partial charge on any atom is 0.416 e. The summed E-state index contributed by atoms with van der Waals surface area (Å²) in [6, 6.07) is 10.7. The summed E-state index contributed by atoms with van der Waals surface area (Å²) in [4.78, 5) is 28.0. The molecule has 172 valence electrons. The Hall–Kier alpha value is -3.07. The van der Waals surface area contributed by atoms with Gasteiger partial charge in [-0.3, -0.25) is 4.90 Å². The Morgan fingerprint density at radius 2 is 1.72 bits per heavy atom. The molecule has 0 N–H and O–H groups in total. The number of urea groups is 1. The highest BCUT2D eigenvalue weighted by molar-refractivity contribution is 5.92. The zero-order chi connectivity index (χ0) is 23.5. The van der Waals surface area contributed by atoms with Crippen molar-refractivity contribution >= 4 is 17.7 Å². The molecule has 2 amide bonds. The van der Waals surface area contributed by atoms with E-state index in [9.17, 15) is 22.8 Å². The normalized spacial score (nSPS) is 18.9. The van der Waals surface area contributed by atoms with E-state index in [2.05, 4.69) is 4.74 Å². The molecule has 1 saturated heterocycles. The predicted octanol–water partition coefficient (Wildman–Crippen LogP) is 4.73. The van der Waals surface area contributed by atoms with Gasteiger partial charge < -0.3 is 14.4 Å². The van der Waals surface area contributed by atoms with Gasteiger partial charge in [0.05, 0.1) is 37.0 Å². The highest BCUT2D eigenvalue weighted by atomic mass is 19.4. The maximum atomic E-state index is 13.4. The number of benzene rings is 2. The highest BCUT2D eigenvalue weighted by Crippen LogP contribution is 2.32. The minimum Gasteiger partial charge on any atom is -0.465 e. The number of anilines is 1. The average Bonchev–Trinajstić information content (AvgIpc) is 2.75. The first kappa shape index (κ1) is 23.6. The van der Waals surface area contributed by atoms with Crippen molar-refractivity contribution in [1.29, 1.82) is 0 Å². The molecule has 3 rings (SSSR count). The monoisotopic (exact) mass is 450 g/mol. The fourth-order valence-electron chi connectivity index (χ4n) is 3.67. The van der Waals surface area contributed by atoms with Gasteiger partial charge in [0.1, 0.15) is 0 Å². The molecule has 6 nitrogen and oxygen atoms in total. The van der Waals surface area contributed by atoms with Gasteiger partial charge >= 0.3 is 18.2 Å². The number of esters is 1. The molecule has 1 fully saturated rings. The van der Waals surface area contributed by atoms with Gasteiger partial charge in [0.15, 0.2) is 0 Å². The SMILES string of the molecule is COC(=O)c1ccc(CN(C(=O)N2CC(C)OC(C)C2)c2cccc(C(F)(F)F)c2)cc1. The van der Waals surface area contributed by atoms with Gasteiger partial charge in [0, 0.05) is 18.8 Å². The van der Waals surface area contributed by atoms with E-state index in [0.29, 0.717) is 24.2 Å². The molecular weight excluding hydrogens is 425 g/mol. The van der Waals surface area contributed by atoms with E-state index in [0.717, 1.165) is 12.1 Å². The fourth-order valence-corrected chi connectivity index (χ4v) is 3.67. The summed E-state index contributed by atoms with van der Waals surface area (Å²) in [6.07, 6.45) is -4.91. The van der Waals surface area contributed by atoms with E-state index in [1.54, 1.807) is 29.2 Å². The first-order valence-corrected chi connectivity index (χ1v) is 10.1. The number of nitrogens with zero attached hydrogens (tertiary/aromatic N) is 2. The second kappa shape index (κ2) is 9.60. The van der Waals surface area contributed by atoms with Crippen LogP contribution in [0.1, 0.15) is 35.3 Å². The number of hydrogen-bond donors (Lipinski definition) is 0. The molecule has 9 heteroatoms. The molecule has 1 aliphatic rings. The molecule has 0 spiro atoms. The zero-order valence-electron chi connectivity index (χ0n) is 18.1. The minimum absolute atomic E-state index is 0.0295. The maximum absolute atomic E-state index is 13.4. The van der Waals surface area contributed by atoms with Crippen LogP contribution in [0, 0.1) is 0 Å². The number of carbonyl (C=O) groups excluding carboxylic acids is 2. The van der Waals surface area contributed by atoms with Gasteiger partial charge in [0.2, 0.25) is 0 Å². The third-order valence-corrected chi connectivity index (χ3v) is 5.12. The summed E-state index contributed by atoms with van der Waals surface area (Å²) < 4.78 is 50.2. The van der Waals surface area contributed by atoms with E-state index >= 15 is 0 Å². The summed E-state index contributed by atoms with van der Waals surface area (Å²) in [5, 5.41) is 0. The van der Waals surface area contributed by atoms with Crippen LogP contribution in [0.25, 0.3) is 0 Å². The summed E-state index contributed by atoms with van der Waals surface area (Å²) in [7, 11) is 1.27. The molecular formula is C23H25F3N2O4. The van der Waals surface area contributed by atoms with E-state index in [-0.39, 0.29) is 24.4 Å². The fraction of sp³-hybridized carbons (Fsp3) is 0.391. The number of rotatable bonds is 4. The van der Waals surface area contributed by atoms with Crippen LogP contribution in [-0.2, 0) is 22.2 Å². The largest absolute Gasteiger partial charge is 0.465 e. The Labute approximate surface area is 184 Å². The lowest BCUT2D eigenvalue weighted by Crippen LogP contribution is -2.52. The Morgan fingerprint density at radius 1 is 1.09 bits per heavy atom. The van der Waals surface area contributed by atoms with Crippen molar-refractivity contribution in [2.45, 2.75) is 38.8 Å². The molecule has 0 aliphatic carbocycles. The van der Waals surface area contributed by atoms with Crippen molar-refractivity contribution in [3.8, 4) is 0 Å². The van der Waals surface area contributed by atoms with Crippen molar-refractivity contribution in [1.82, 2.24) is 4.90 Å². The first-order valence-electron chi connectivity index (χ1n) is 10.1. The van der Waals surface area contributed by atoms with Crippen LogP contribution in [0.3, 0.4) is 0 Å². The number of ether oxygens (including phenoxy) is 2. The van der Waals surface area contributed by atoms with Gasteiger partial charge in [-0.2, -0.15) is 13.2 Å². The van der Waals surface area contributed by atoms with Crippen LogP contribution in [0.15, 0.2) is 48.5 Å². The number of amides is 2. The Balaban J connectivity index is 1.94. The van der Waals surface area contributed by atoms with Crippen molar-refractivity contribution in [3.05, 3.63) is 65.2 Å². The summed E-state index contributed by atoms with van der Waals surface area (Å²) in [5.74, 6) is -0.501. The Bertz CT molecular complexity index is 952. The van der Waals surface area contributed by atoms with Crippen LogP contribution in [0.4, 0.5) is 23.7 Å². The molecule has 2 unspecified atom stereocenters. The molecule has 1 heterocycles. The minimum atomic E-state index is -4.53. The van der Waals surface area contributed by atoms with E-state index < -0.39 is 23.7 Å². The third kappa shape index (κ3) is 5.59. The lowest BCUT2D eigenvalue weighted by atomic mass is 10.1. The van der Waals surface area contributed by atoms with Gasteiger partial charge in [-0.15, -0.1) is 0 Å². The smallest absolute Gasteiger partial charge is 0.416 e. The van der Waals surface area contributed by atoms with E-state index in [1.165, 1.54) is 24.1 Å².